The van der Waals surface area contributed by atoms with Gasteiger partial charge in [-0.25, -0.2) is 4.98 Å². The van der Waals surface area contributed by atoms with Crippen molar-refractivity contribution in [2.75, 3.05) is 7.05 Å². The fourth-order valence-electron chi connectivity index (χ4n) is 1.85. The van der Waals surface area contributed by atoms with Gasteiger partial charge in [0.25, 0.3) is 0 Å². The van der Waals surface area contributed by atoms with Crippen LogP contribution in [0.3, 0.4) is 0 Å². The minimum Gasteiger partial charge on any atom is -0.432 e. The van der Waals surface area contributed by atoms with Gasteiger partial charge in [0.2, 0.25) is 11.6 Å². The Morgan fingerprint density at radius 3 is 2.81 bits per heavy atom. The molecule has 0 amide bonds. The maximum Gasteiger partial charge on any atom is 0.312 e. The highest BCUT2D eigenvalue weighted by molar-refractivity contribution is 9.10. The predicted octanol–water partition coefficient (Wildman–Crippen LogP) is 3.57. The number of benzene rings is 1. The van der Waals surface area contributed by atoms with Crippen molar-refractivity contribution in [2.24, 2.45) is 0 Å². The Hall–Kier alpha value is -1.99. The van der Waals surface area contributed by atoms with Crippen LogP contribution < -0.4 is 10.1 Å². The lowest BCUT2D eigenvalue weighted by Gasteiger charge is -2.09. The van der Waals surface area contributed by atoms with Crippen LogP contribution in [-0.4, -0.2) is 17.0 Å². The summed E-state index contributed by atoms with van der Waals surface area (Å²) < 4.78 is 6.22. The van der Waals surface area contributed by atoms with Gasteiger partial charge in [-0.15, -0.1) is 0 Å². The third-order valence-corrected chi connectivity index (χ3v) is 3.29. The number of rotatable bonds is 5. The molecule has 6 nitrogen and oxygen atoms in total. The number of nitrogens with zero attached hydrogens (tertiary/aromatic N) is 2. The largest absolute Gasteiger partial charge is 0.432 e. The van der Waals surface area contributed by atoms with Gasteiger partial charge < -0.3 is 10.1 Å². The van der Waals surface area contributed by atoms with Gasteiger partial charge in [-0.1, -0.05) is 15.9 Å². The molecular weight excluding hydrogens is 338 g/mol. The Kier molecular flexibility index (Phi) is 4.87. The van der Waals surface area contributed by atoms with Crippen molar-refractivity contribution in [3.63, 3.8) is 0 Å². The van der Waals surface area contributed by atoms with Gasteiger partial charge in [-0.2, -0.15) is 0 Å². The summed E-state index contributed by atoms with van der Waals surface area (Å²) in [5.41, 5.74) is 1.73. The van der Waals surface area contributed by atoms with E-state index in [4.69, 9.17) is 4.74 Å². The molecule has 0 atom stereocenters. The third kappa shape index (κ3) is 3.77. The van der Waals surface area contributed by atoms with E-state index in [-0.39, 0.29) is 11.4 Å². The summed E-state index contributed by atoms with van der Waals surface area (Å²) in [7, 11) is 1.85. The predicted molar refractivity (Wildman–Crippen MR) is 82.6 cm³/mol. The SMILES string of the molecule is CNCc1cnc(Oc2ccc(Br)cc2[N+](=O)[O-])c(C)c1. The zero-order chi connectivity index (χ0) is 15.4. The number of aromatic nitrogens is 1. The summed E-state index contributed by atoms with van der Waals surface area (Å²) in [6, 6.07) is 6.57. The van der Waals surface area contributed by atoms with Gasteiger partial charge in [0.1, 0.15) is 0 Å². The average molecular weight is 352 g/mol. The number of nitro groups is 1. The summed E-state index contributed by atoms with van der Waals surface area (Å²) in [5.74, 6) is 0.528. The van der Waals surface area contributed by atoms with E-state index in [0.717, 1.165) is 11.1 Å². The number of aryl methyl sites for hydroxylation is 1. The lowest BCUT2D eigenvalue weighted by atomic mass is 10.2. The Bertz CT molecular complexity index is 677. The maximum absolute atomic E-state index is 11.1. The molecule has 0 bridgehead atoms. The van der Waals surface area contributed by atoms with Gasteiger partial charge in [0.05, 0.1) is 4.92 Å². The molecule has 0 spiro atoms. The summed E-state index contributed by atoms with van der Waals surface area (Å²) in [6.07, 6.45) is 1.68. The van der Waals surface area contributed by atoms with E-state index in [1.165, 1.54) is 6.07 Å². The van der Waals surface area contributed by atoms with Crippen molar-refractivity contribution >= 4 is 21.6 Å². The molecule has 2 rings (SSSR count). The summed E-state index contributed by atoms with van der Waals surface area (Å²) in [5, 5.41) is 14.1. The molecule has 1 heterocycles. The smallest absolute Gasteiger partial charge is 0.312 e. The van der Waals surface area contributed by atoms with Crippen molar-refractivity contribution < 1.29 is 9.66 Å². The van der Waals surface area contributed by atoms with E-state index >= 15 is 0 Å². The molecule has 110 valence electrons. The molecule has 0 aliphatic rings. The van der Waals surface area contributed by atoms with E-state index < -0.39 is 4.92 Å². The first-order chi connectivity index (χ1) is 10.0. The normalized spacial score (nSPS) is 10.4. The molecule has 1 N–H and O–H groups in total. The van der Waals surface area contributed by atoms with Gasteiger partial charge >= 0.3 is 5.69 Å². The van der Waals surface area contributed by atoms with E-state index in [9.17, 15) is 10.1 Å². The fourth-order valence-corrected chi connectivity index (χ4v) is 2.20. The van der Waals surface area contributed by atoms with Crippen LogP contribution in [0.4, 0.5) is 5.69 Å². The Balaban J connectivity index is 2.32. The number of hydrogen-bond acceptors (Lipinski definition) is 5. The molecule has 2 aromatic rings. The second-order valence-corrected chi connectivity index (χ2v) is 5.38. The zero-order valence-electron chi connectivity index (χ0n) is 11.6. The first-order valence-electron chi connectivity index (χ1n) is 6.23. The lowest BCUT2D eigenvalue weighted by Crippen LogP contribution is -2.06. The third-order valence-electron chi connectivity index (χ3n) is 2.79. The highest BCUT2D eigenvalue weighted by atomic mass is 79.9. The van der Waals surface area contributed by atoms with Crippen LogP contribution in [0.5, 0.6) is 11.6 Å². The van der Waals surface area contributed by atoms with E-state index in [2.05, 4.69) is 26.2 Å². The van der Waals surface area contributed by atoms with Gasteiger partial charge in [-0.3, -0.25) is 10.1 Å². The monoisotopic (exact) mass is 351 g/mol. The van der Waals surface area contributed by atoms with Crippen molar-refractivity contribution in [3.8, 4) is 11.6 Å². The molecule has 0 saturated carbocycles. The van der Waals surface area contributed by atoms with Crippen molar-refractivity contribution in [1.29, 1.82) is 0 Å². The fraction of sp³-hybridized carbons (Fsp3) is 0.214. The molecule has 21 heavy (non-hydrogen) atoms. The highest BCUT2D eigenvalue weighted by Gasteiger charge is 2.17. The zero-order valence-corrected chi connectivity index (χ0v) is 13.2. The molecule has 0 aliphatic carbocycles. The summed E-state index contributed by atoms with van der Waals surface area (Å²) >= 11 is 3.21. The average Bonchev–Trinajstić information content (AvgIpc) is 2.43. The Morgan fingerprint density at radius 1 is 1.43 bits per heavy atom. The van der Waals surface area contributed by atoms with Crippen LogP contribution >= 0.6 is 15.9 Å². The molecule has 0 unspecified atom stereocenters. The highest BCUT2D eigenvalue weighted by Crippen LogP contribution is 2.34. The second-order valence-electron chi connectivity index (χ2n) is 4.47. The topological polar surface area (TPSA) is 77.3 Å². The Morgan fingerprint density at radius 2 is 2.19 bits per heavy atom. The van der Waals surface area contributed by atoms with Crippen LogP contribution in [-0.2, 0) is 6.54 Å². The molecule has 0 fully saturated rings. The van der Waals surface area contributed by atoms with Gasteiger partial charge in [-0.05, 0) is 37.7 Å². The van der Waals surface area contributed by atoms with Crippen molar-refractivity contribution in [1.82, 2.24) is 10.3 Å². The molecule has 1 aromatic carbocycles. The molecular formula is C14H14BrN3O3. The second kappa shape index (κ2) is 6.64. The molecule has 0 radical (unpaired) electrons. The number of ether oxygens (including phenoxy) is 1. The lowest BCUT2D eigenvalue weighted by molar-refractivity contribution is -0.385. The van der Waals surface area contributed by atoms with Crippen molar-refractivity contribution in [2.45, 2.75) is 13.5 Å². The summed E-state index contributed by atoms with van der Waals surface area (Å²) in [4.78, 5) is 14.8. The van der Waals surface area contributed by atoms with Crippen LogP contribution in [0.25, 0.3) is 0 Å². The quantitative estimate of drug-likeness (QED) is 0.658. The summed E-state index contributed by atoms with van der Waals surface area (Å²) in [6.45, 7) is 2.55. The number of nitrogens with one attached hydrogen (secondary N) is 1. The molecule has 0 aliphatic heterocycles. The molecule has 7 heteroatoms. The van der Waals surface area contributed by atoms with Gasteiger partial charge in [0.15, 0.2) is 0 Å². The van der Waals surface area contributed by atoms with Crippen LogP contribution in [0.15, 0.2) is 34.9 Å². The Labute approximate surface area is 130 Å². The van der Waals surface area contributed by atoms with Crippen LogP contribution in [0.1, 0.15) is 11.1 Å². The number of pyridine rings is 1. The van der Waals surface area contributed by atoms with Crippen LogP contribution in [0.2, 0.25) is 0 Å². The number of hydrogen-bond donors (Lipinski definition) is 1. The van der Waals surface area contributed by atoms with E-state index in [1.807, 2.05) is 20.0 Å². The minimum absolute atomic E-state index is 0.107. The first kappa shape index (κ1) is 15.4. The molecule has 0 saturated heterocycles. The maximum atomic E-state index is 11.1. The standard InChI is InChI=1S/C14H14BrN3O3/c1-9-5-10(7-16-2)8-17-14(9)21-13-4-3-11(15)6-12(13)18(19)20/h3-6,8,16H,7H2,1-2H3. The van der Waals surface area contributed by atoms with Gasteiger partial charge in [0, 0.05) is 28.8 Å². The minimum atomic E-state index is -0.481. The number of nitro benzene ring substituents is 1. The van der Waals surface area contributed by atoms with Crippen LogP contribution in [0, 0.1) is 17.0 Å². The van der Waals surface area contributed by atoms with E-state index in [1.54, 1.807) is 18.3 Å². The molecule has 1 aromatic heterocycles. The first-order valence-corrected chi connectivity index (χ1v) is 7.02. The van der Waals surface area contributed by atoms with Crippen molar-refractivity contribution in [3.05, 3.63) is 56.2 Å². The van der Waals surface area contributed by atoms with E-state index in [0.29, 0.717) is 16.9 Å². The number of halogens is 1.